The number of piperidine rings is 1. The average Bonchev–Trinajstić information content (AvgIpc) is 2.28. The van der Waals surface area contributed by atoms with Gasteiger partial charge in [-0.3, -0.25) is 14.5 Å². The minimum absolute atomic E-state index is 0.122. The highest BCUT2D eigenvalue weighted by molar-refractivity contribution is 7.80. The summed E-state index contributed by atoms with van der Waals surface area (Å²) in [5, 5.41) is 0. The molecule has 1 saturated heterocycles. The Balaban J connectivity index is 2.28. The first-order valence-electron chi connectivity index (χ1n) is 5.74. The number of carbonyl (C=O) groups is 2. The lowest BCUT2D eigenvalue weighted by Crippen LogP contribution is -2.42. The van der Waals surface area contributed by atoms with Crippen LogP contribution in [0.2, 0.25) is 0 Å². The van der Waals surface area contributed by atoms with Crippen LogP contribution in [0, 0.1) is 5.92 Å². The zero-order chi connectivity index (χ0) is 13.3. The van der Waals surface area contributed by atoms with Gasteiger partial charge in [-0.2, -0.15) is 0 Å². The van der Waals surface area contributed by atoms with Crippen LogP contribution >= 0.6 is 12.2 Å². The van der Waals surface area contributed by atoms with Gasteiger partial charge in [0, 0.05) is 18.4 Å². The van der Waals surface area contributed by atoms with E-state index in [1.807, 2.05) is 6.92 Å². The van der Waals surface area contributed by atoms with Crippen LogP contribution < -0.4 is 10.6 Å². The fraction of sp³-hybridized carbons (Fsp3) is 0.308. The summed E-state index contributed by atoms with van der Waals surface area (Å²) in [7, 11) is 0. The highest BCUT2D eigenvalue weighted by Gasteiger charge is 2.31. The lowest BCUT2D eigenvalue weighted by molar-refractivity contribution is -0.130. The van der Waals surface area contributed by atoms with Crippen molar-refractivity contribution in [3.63, 3.8) is 0 Å². The van der Waals surface area contributed by atoms with E-state index in [0.29, 0.717) is 23.5 Å². The Labute approximate surface area is 111 Å². The van der Waals surface area contributed by atoms with Crippen LogP contribution in [0.5, 0.6) is 0 Å². The van der Waals surface area contributed by atoms with Gasteiger partial charge in [-0.25, -0.2) is 0 Å². The molecule has 2 N–H and O–H groups in total. The molecule has 0 unspecified atom stereocenters. The molecule has 18 heavy (non-hydrogen) atoms. The van der Waals surface area contributed by atoms with Crippen molar-refractivity contribution >= 4 is 34.7 Å². The molecule has 0 saturated carbocycles. The number of benzene rings is 1. The monoisotopic (exact) mass is 262 g/mol. The number of imide groups is 1. The number of nitrogens with zero attached hydrogens (tertiary/aromatic N) is 1. The maximum absolute atomic E-state index is 11.9. The second-order valence-electron chi connectivity index (χ2n) is 4.55. The van der Waals surface area contributed by atoms with E-state index in [4.69, 9.17) is 18.0 Å². The molecule has 1 aromatic rings. The Kier molecular flexibility index (Phi) is 3.43. The fourth-order valence-electron chi connectivity index (χ4n) is 2.05. The topological polar surface area (TPSA) is 63.4 Å². The first kappa shape index (κ1) is 12.7. The molecule has 0 bridgehead atoms. The second-order valence-corrected chi connectivity index (χ2v) is 4.99. The molecule has 0 aliphatic carbocycles. The molecular formula is C13H14N2O2S. The Morgan fingerprint density at radius 3 is 2.17 bits per heavy atom. The molecule has 0 atom stereocenters. The maximum atomic E-state index is 11.9. The molecule has 1 heterocycles. The summed E-state index contributed by atoms with van der Waals surface area (Å²) >= 11 is 4.85. The van der Waals surface area contributed by atoms with Crippen LogP contribution in [0.4, 0.5) is 5.69 Å². The molecular weight excluding hydrogens is 248 g/mol. The average molecular weight is 262 g/mol. The summed E-state index contributed by atoms with van der Waals surface area (Å²) in [5.41, 5.74) is 6.80. The zero-order valence-electron chi connectivity index (χ0n) is 10.1. The van der Waals surface area contributed by atoms with E-state index in [-0.39, 0.29) is 17.7 Å². The molecule has 94 valence electrons. The van der Waals surface area contributed by atoms with Crippen molar-refractivity contribution in [3.05, 3.63) is 29.8 Å². The SMILES string of the molecule is CC1CC(=O)N(c2ccc(C(N)=S)cc2)C(=O)C1. The summed E-state index contributed by atoms with van der Waals surface area (Å²) in [4.78, 5) is 25.3. The van der Waals surface area contributed by atoms with Crippen molar-refractivity contribution in [3.8, 4) is 0 Å². The smallest absolute Gasteiger partial charge is 0.234 e. The van der Waals surface area contributed by atoms with Gasteiger partial charge in [0.2, 0.25) is 11.8 Å². The number of rotatable bonds is 2. The predicted octanol–water partition coefficient (Wildman–Crippen LogP) is 1.61. The summed E-state index contributed by atoms with van der Waals surface area (Å²) in [5.74, 6) is -0.180. The second kappa shape index (κ2) is 4.86. The lowest BCUT2D eigenvalue weighted by Gasteiger charge is -2.28. The molecule has 0 aromatic heterocycles. The van der Waals surface area contributed by atoms with E-state index in [0.717, 1.165) is 5.56 Å². The zero-order valence-corrected chi connectivity index (χ0v) is 10.9. The van der Waals surface area contributed by atoms with Crippen LogP contribution in [-0.4, -0.2) is 16.8 Å². The van der Waals surface area contributed by atoms with Gasteiger partial charge in [-0.05, 0) is 30.2 Å². The standard InChI is InChI=1S/C13H14N2O2S/c1-8-6-11(16)15(12(17)7-8)10-4-2-9(3-5-10)13(14)18/h2-5,8H,6-7H2,1H3,(H2,14,18). The molecule has 1 aliphatic rings. The number of nitrogens with two attached hydrogens (primary N) is 1. The van der Waals surface area contributed by atoms with Crippen molar-refractivity contribution in [2.75, 3.05) is 4.90 Å². The maximum Gasteiger partial charge on any atom is 0.234 e. The number of thiocarbonyl (C=S) groups is 1. The fourth-order valence-corrected chi connectivity index (χ4v) is 2.19. The van der Waals surface area contributed by atoms with Crippen LogP contribution in [0.25, 0.3) is 0 Å². The van der Waals surface area contributed by atoms with E-state index in [1.165, 1.54) is 4.90 Å². The first-order chi connectivity index (χ1) is 8.49. The minimum Gasteiger partial charge on any atom is -0.389 e. The summed E-state index contributed by atoms with van der Waals surface area (Å²) in [6.07, 6.45) is 0.811. The molecule has 1 aromatic carbocycles. The number of anilines is 1. The van der Waals surface area contributed by atoms with Crippen LogP contribution in [0.1, 0.15) is 25.3 Å². The van der Waals surface area contributed by atoms with E-state index >= 15 is 0 Å². The van der Waals surface area contributed by atoms with Gasteiger partial charge in [0.1, 0.15) is 4.99 Å². The Bertz CT molecular complexity index is 492. The summed E-state index contributed by atoms with van der Waals surface area (Å²) in [6, 6.07) is 6.83. The quantitative estimate of drug-likeness (QED) is 0.649. The predicted molar refractivity (Wildman–Crippen MR) is 73.2 cm³/mol. The molecule has 4 nitrogen and oxygen atoms in total. The van der Waals surface area contributed by atoms with Crippen molar-refractivity contribution in [1.29, 1.82) is 0 Å². The number of hydrogen-bond acceptors (Lipinski definition) is 3. The minimum atomic E-state index is -0.151. The first-order valence-corrected chi connectivity index (χ1v) is 6.15. The third-order valence-electron chi connectivity index (χ3n) is 2.95. The van der Waals surface area contributed by atoms with Gasteiger partial charge in [-0.1, -0.05) is 19.1 Å². The summed E-state index contributed by atoms with van der Waals surface area (Å²) < 4.78 is 0. The van der Waals surface area contributed by atoms with E-state index in [9.17, 15) is 9.59 Å². The Morgan fingerprint density at radius 2 is 1.72 bits per heavy atom. The van der Waals surface area contributed by atoms with E-state index in [1.54, 1.807) is 24.3 Å². The van der Waals surface area contributed by atoms with Gasteiger partial charge in [-0.15, -0.1) is 0 Å². The van der Waals surface area contributed by atoms with Gasteiger partial charge in [0.25, 0.3) is 0 Å². The molecule has 0 spiro atoms. The van der Waals surface area contributed by atoms with Crippen molar-refractivity contribution < 1.29 is 9.59 Å². The van der Waals surface area contributed by atoms with Crippen LogP contribution in [0.15, 0.2) is 24.3 Å². The molecule has 1 fully saturated rings. The molecule has 5 heteroatoms. The van der Waals surface area contributed by atoms with Gasteiger partial charge in [0.15, 0.2) is 0 Å². The van der Waals surface area contributed by atoms with Gasteiger partial charge in [0.05, 0.1) is 5.69 Å². The molecule has 2 rings (SSSR count). The van der Waals surface area contributed by atoms with Crippen molar-refractivity contribution in [2.24, 2.45) is 11.7 Å². The van der Waals surface area contributed by atoms with Crippen molar-refractivity contribution in [2.45, 2.75) is 19.8 Å². The molecule has 0 radical (unpaired) electrons. The lowest BCUT2D eigenvalue weighted by atomic mass is 9.97. The number of amides is 2. The number of hydrogen-bond donors (Lipinski definition) is 1. The summed E-state index contributed by atoms with van der Waals surface area (Å²) in [6.45, 7) is 1.91. The highest BCUT2D eigenvalue weighted by Crippen LogP contribution is 2.25. The van der Waals surface area contributed by atoms with Crippen molar-refractivity contribution in [1.82, 2.24) is 0 Å². The van der Waals surface area contributed by atoms with Gasteiger partial charge < -0.3 is 5.73 Å². The third kappa shape index (κ3) is 2.41. The number of carbonyl (C=O) groups excluding carboxylic acids is 2. The third-order valence-corrected chi connectivity index (χ3v) is 3.19. The Hall–Kier alpha value is -1.75. The Morgan fingerprint density at radius 1 is 1.22 bits per heavy atom. The largest absolute Gasteiger partial charge is 0.389 e. The van der Waals surface area contributed by atoms with E-state index < -0.39 is 0 Å². The molecule has 2 amide bonds. The normalized spacial score (nSPS) is 17.1. The van der Waals surface area contributed by atoms with Gasteiger partial charge >= 0.3 is 0 Å². The highest BCUT2D eigenvalue weighted by atomic mass is 32.1. The van der Waals surface area contributed by atoms with Crippen LogP contribution in [0.3, 0.4) is 0 Å². The molecule has 1 aliphatic heterocycles. The van der Waals surface area contributed by atoms with E-state index in [2.05, 4.69) is 0 Å². The van der Waals surface area contributed by atoms with Crippen LogP contribution in [-0.2, 0) is 9.59 Å².